The molecule has 0 aromatic rings. The van der Waals surface area contributed by atoms with E-state index in [1.54, 1.807) is 13.0 Å². The summed E-state index contributed by atoms with van der Waals surface area (Å²) in [6, 6.07) is 0.309. The number of esters is 1. The zero-order chi connectivity index (χ0) is 16.6. The van der Waals surface area contributed by atoms with Gasteiger partial charge in [0.05, 0.1) is 27.7 Å². The molecule has 0 aromatic heterocycles. The third-order valence-corrected chi connectivity index (χ3v) is 3.82. The molecule has 0 aromatic carbocycles. The molecule has 0 saturated heterocycles. The maximum absolute atomic E-state index is 11.4. The third-order valence-electron chi connectivity index (χ3n) is 3.82. The van der Waals surface area contributed by atoms with Crippen LogP contribution in [0.4, 0.5) is 0 Å². The monoisotopic (exact) mass is 292 g/mol. The first-order chi connectivity index (χ1) is 9.65. The average Bonchev–Trinajstić information content (AvgIpc) is 2.43. The fourth-order valence-corrected chi connectivity index (χ4v) is 2.36. The lowest BCUT2D eigenvalue weighted by molar-refractivity contribution is -0.904. The fourth-order valence-electron chi connectivity index (χ4n) is 2.36. The number of methoxy groups -OCH3 is 1. The number of hydrogen-bond acceptors (Lipinski definition) is 2. The molecule has 0 N–H and O–H groups in total. The maximum Gasteiger partial charge on any atom is 0.333 e. The molecule has 0 rings (SSSR count). The van der Waals surface area contributed by atoms with Crippen LogP contribution in [0.1, 0.15) is 26.7 Å². The first kappa shape index (κ1) is 19.4. The summed E-state index contributed by atoms with van der Waals surface area (Å²) < 4.78 is 5.47. The molecule has 0 amide bonds. The highest BCUT2D eigenvalue weighted by Crippen LogP contribution is 2.22. The van der Waals surface area contributed by atoms with E-state index in [0.29, 0.717) is 11.6 Å². The minimum absolute atomic E-state index is 0.276. The second-order valence-corrected chi connectivity index (χ2v) is 6.10. The Morgan fingerprint density at radius 3 is 2.29 bits per heavy atom. The number of rotatable bonds is 9. The highest BCUT2D eigenvalue weighted by molar-refractivity contribution is 5.87. The van der Waals surface area contributed by atoms with Gasteiger partial charge >= 0.3 is 5.97 Å². The van der Waals surface area contributed by atoms with E-state index in [-0.39, 0.29) is 5.97 Å². The summed E-state index contributed by atoms with van der Waals surface area (Å²) in [5.74, 6) is -0.276. The van der Waals surface area contributed by atoms with E-state index in [2.05, 4.69) is 40.8 Å². The number of carbonyl (C=O) groups is 1. The van der Waals surface area contributed by atoms with Crippen LogP contribution in [0.25, 0.3) is 0 Å². The van der Waals surface area contributed by atoms with Gasteiger partial charge in [-0.05, 0) is 31.9 Å². The first-order valence-corrected chi connectivity index (χ1v) is 7.19. The van der Waals surface area contributed by atoms with Crippen molar-refractivity contribution in [2.75, 3.05) is 27.7 Å². The van der Waals surface area contributed by atoms with Gasteiger partial charge in [-0.2, -0.15) is 0 Å². The Labute approximate surface area is 129 Å². The van der Waals surface area contributed by atoms with Crippen molar-refractivity contribution in [1.82, 2.24) is 0 Å². The summed E-state index contributed by atoms with van der Waals surface area (Å²) in [4.78, 5) is 11.4. The van der Waals surface area contributed by atoms with E-state index in [1.165, 1.54) is 7.11 Å². The van der Waals surface area contributed by atoms with Crippen LogP contribution in [0, 0.1) is 0 Å². The zero-order valence-electron chi connectivity index (χ0n) is 14.2. The van der Waals surface area contributed by atoms with Crippen LogP contribution >= 0.6 is 0 Å². The van der Waals surface area contributed by atoms with Gasteiger partial charge in [0.15, 0.2) is 0 Å². The van der Waals surface area contributed by atoms with Crippen LogP contribution in [0.5, 0.6) is 0 Å². The van der Waals surface area contributed by atoms with E-state index in [0.717, 1.165) is 35.0 Å². The Bertz CT molecular complexity index is 444. The first-order valence-electron chi connectivity index (χ1n) is 7.19. The summed E-state index contributed by atoms with van der Waals surface area (Å²) >= 11 is 0. The SMILES string of the molecule is C=CC(=C)CCC(C(=C)C)[N+](C)(C)C/C=C(\C)C(=O)OC. The van der Waals surface area contributed by atoms with Crippen molar-refractivity contribution in [3.05, 3.63) is 48.6 Å². The Hall–Kier alpha value is -1.61. The highest BCUT2D eigenvalue weighted by Gasteiger charge is 2.28. The van der Waals surface area contributed by atoms with Crippen molar-refractivity contribution < 1.29 is 14.0 Å². The molecule has 1 atom stereocenters. The molecule has 3 heteroatoms. The molecule has 0 spiro atoms. The van der Waals surface area contributed by atoms with Gasteiger partial charge in [0.1, 0.15) is 6.04 Å². The molecule has 0 aliphatic rings. The molecule has 0 saturated carbocycles. The van der Waals surface area contributed by atoms with Crippen molar-refractivity contribution in [2.45, 2.75) is 32.7 Å². The van der Waals surface area contributed by atoms with Crippen molar-refractivity contribution in [2.24, 2.45) is 0 Å². The molecule has 21 heavy (non-hydrogen) atoms. The second kappa shape index (κ2) is 8.63. The van der Waals surface area contributed by atoms with E-state index in [9.17, 15) is 4.79 Å². The number of carbonyl (C=O) groups excluding carboxylic acids is 1. The Morgan fingerprint density at radius 1 is 1.29 bits per heavy atom. The number of ether oxygens (including phenoxy) is 1. The van der Waals surface area contributed by atoms with Crippen molar-refractivity contribution >= 4 is 5.97 Å². The Balaban J connectivity index is 4.95. The quantitative estimate of drug-likeness (QED) is 0.213. The molecular formula is C18H30NO2+. The summed E-state index contributed by atoms with van der Waals surface area (Å²) in [5.41, 5.74) is 2.82. The lowest BCUT2D eigenvalue weighted by Crippen LogP contribution is -2.49. The molecular weight excluding hydrogens is 262 g/mol. The Kier molecular flexibility index (Phi) is 7.97. The van der Waals surface area contributed by atoms with E-state index < -0.39 is 0 Å². The summed E-state index contributed by atoms with van der Waals surface area (Å²) in [6.07, 6.45) is 5.61. The molecule has 0 radical (unpaired) electrons. The van der Waals surface area contributed by atoms with Gasteiger partial charge in [0.2, 0.25) is 0 Å². The fraction of sp³-hybridized carbons (Fsp3) is 0.500. The van der Waals surface area contributed by atoms with E-state index in [1.807, 2.05) is 6.08 Å². The van der Waals surface area contributed by atoms with Crippen LogP contribution in [-0.2, 0) is 9.53 Å². The molecule has 118 valence electrons. The highest BCUT2D eigenvalue weighted by atomic mass is 16.5. The second-order valence-electron chi connectivity index (χ2n) is 6.10. The van der Waals surface area contributed by atoms with Gasteiger partial charge in [-0.25, -0.2) is 4.79 Å². The van der Waals surface area contributed by atoms with Gasteiger partial charge in [-0.1, -0.05) is 31.4 Å². The predicted molar refractivity (Wildman–Crippen MR) is 89.9 cm³/mol. The largest absolute Gasteiger partial charge is 0.466 e. The van der Waals surface area contributed by atoms with Crippen molar-refractivity contribution in [3.8, 4) is 0 Å². The number of nitrogens with zero attached hydrogens (tertiary/aromatic N) is 1. The van der Waals surface area contributed by atoms with Crippen LogP contribution < -0.4 is 0 Å². The Morgan fingerprint density at radius 2 is 1.86 bits per heavy atom. The van der Waals surface area contributed by atoms with Gasteiger partial charge in [0, 0.05) is 12.0 Å². The minimum atomic E-state index is -0.276. The summed E-state index contributed by atoms with van der Waals surface area (Å²) in [7, 11) is 5.70. The van der Waals surface area contributed by atoms with Crippen LogP contribution in [0.15, 0.2) is 48.6 Å². The lowest BCUT2D eigenvalue weighted by Gasteiger charge is -2.38. The predicted octanol–water partition coefficient (Wildman–Crippen LogP) is 3.65. The van der Waals surface area contributed by atoms with Crippen molar-refractivity contribution in [3.63, 3.8) is 0 Å². The number of quaternary nitrogens is 1. The molecule has 3 nitrogen and oxygen atoms in total. The smallest absolute Gasteiger partial charge is 0.333 e. The summed E-state index contributed by atoms with van der Waals surface area (Å²) in [6.45, 7) is 16.4. The normalized spacial score (nSPS) is 13.5. The number of hydrogen-bond donors (Lipinski definition) is 0. The molecule has 1 unspecified atom stereocenters. The van der Waals surface area contributed by atoms with Gasteiger partial charge in [-0.3, -0.25) is 0 Å². The average molecular weight is 292 g/mol. The van der Waals surface area contributed by atoms with Gasteiger partial charge < -0.3 is 9.22 Å². The minimum Gasteiger partial charge on any atom is -0.466 e. The molecule has 0 aliphatic carbocycles. The van der Waals surface area contributed by atoms with E-state index >= 15 is 0 Å². The standard InChI is InChI=1S/C18H30NO2/c1-9-15(4)10-11-17(14(2)3)19(6,7)13-12-16(5)18(20)21-8/h9,12,17H,1-2,4,10-11,13H2,3,5-8H3/q+1/b16-12+. The molecule has 0 fully saturated rings. The van der Waals surface area contributed by atoms with E-state index in [4.69, 9.17) is 4.74 Å². The number of likely N-dealkylation sites (N-methyl/N-ethyl adjacent to an activating group) is 1. The molecule has 0 heterocycles. The third kappa shape index (κ3) is 6.58. The van der Waals surface area contributed by atoms with Gasteiger partial charge in [0.25, 0.3) is 0 Å². The zero-order valence-corrected chi connectivity index (χ0v) is 14.2. The van der Waals surface area contributed by atoms with Gasteiger partial charge in [-0.15, -0.1) is 0 Å². The lowest BCUT2D eigenvalue weighted by atomic mass is 9.98. The van der Waals surface area contributed by atoms with Crippen LogP contribution in [0.3, 0.4) is 0 Å². The van der Waals surface area contributed by atoms with Crippen molar-refractivity contribution in [1.29, 1.82) is 0 Å². The summed E-state index contributed by atoms with van der Waals surface area (Å²) in [5, 5.41) is 0. The topological polar surface area (TPSA) is 26.3 Å². The maximum atomic E-state index is 11.4. The van der Waals surface area contributed by atoms with Crippen LogP contribution in [-0.4, -0.2) is 44.2 Å². The van der Waals surface area contributed by atoms with Crippen LogP contribution in [0.2, 0.25) is 0 Å². The molecule has 0 bridgehead atoms. The number of allylic oxidation sites excluding steroid dienone is 2. The molecule has 0 aliphatic heterocycles.